The van der Waals surface area contributed by atoms with Gasteiger partial charge in [-0.1, -0.05) is 24.8 Å². The van der Waals surface area contributed by atoms with Crippen LogP contribution in [0.1, 0.15) is 19.4 Å². The first-order chi connectivity index (χ1) is 12.1. The third kappa shape index (κ3) is 2.50. The van der Waals surface area contributed by atoms with Gasteiger partial charge in [-0.2, -0.15) is 0 Å². The van der Waals surface area contributed by atoms with Crippen molar-refractivity contribution >= 4 is 33.3 Å². The number of carbonyl (C=O) groups is 1. The molecular formula is C21H19NO3. The van der Waals surface area contributed by atoms with Crippen LogP contribution in [0.4, 0.5) is 0 Å². The van der Waals surface area contributed by atoms with Gasteiger partial charge in [-0.3, -0.25) is 4.79 Å². The van der Waals surface area contributed by atoms with Crippen molar-refractivity contribution in [3.05, 3.63) is 60.4 Å². The SMILES string of the molecule is C=C1C=C(C)c2cc3c4ccccc4n(CC(=O)OCC)c3cc2O1. The Morgan fingerprint density at radius 1 is 1.20 bits per heavy atom. The van der Waals surface area contributed by atoms with Crippen LogP contribution >= 0.6 is 0 Å². The number of hydrogen-bond donors (Lipinski definition) is 0. The van der Waals surface area contributed by atoms with Crippen LogP contribution in [0.15, 0.2) is 54.8 Å². The molecule has 0 unspecified atom stereocenters. The third-order valence-electron chi connectivity index (χ3n) is 4.51. The normalized spacial score (nSPS) is 13.5. The van der Waals surface area contributed by atoms with Crippen molar-refractivity contribution in [3.63, 3.8) is 0 Å². The van der Waals surface area contributed by atoms with Gasteiger partial charge in [0.25, 0.3) is 0 Å². The quantitative estimate of drug-likeness (QED) is 0.654. The van der Waals surface area contributed by atoms with Crippen molar-refractivity contribution in [2.45, 2.75) is 20.4 Å². The van der Waals surface area contributed by atoms with E-state index in [1.807, 2.05) is 41.8 Å². The maximum Gasteiger partial charge on any atom is 0.325 e. The average molecular weight is 333 g/mol. The molecule has 0 bridgehead atoms. The molecule has 0 aliphatic carbocycles. The molecule has 4 rings (SSSR count). The summed E-state index contributed by atoms with van der Waals surface area (Å²) in [7, 11) is 0. The maximum atomic E-state index is 12.1. The highest BCUT2D eigenvalue weighted by Crippen LogP contribution is 2.39. The van der Waals surface area contributed by atoms with Crippen molar-refractivity contribution < 1.29 is 14.3 Å². The molecule has 0 saturated carbocycles. The van der Waals surface area contributed by atoms with Gasteiger partial charge in [0.05, 0.1) is 12.1 Å². The van der Waals surface area contributed by atoms with E-state index in [0.717, 1.165) is 38.7 Å². The Balaban J connectivity index is 1.99. The molecule has 0 spiro atoms. The summed E-state index contributed by atoms with van der Waals surface area (Å²) < 4.78 is 12.9. The Morgan fingerprint density at radius 2 is 2.00 bits per heavy atom. The topological polar surface area (TPSA) is 40.5 Å². The number of fused-ring (bicyclic) bond motifs is 4. The summed E-state index contributed by atoms with van der Waals surface area (Å²) in [6.45, 7) is 8.31. The molecule has 0 atom stereocenters. The van der Waals surface area contributed by atoms with Crippen LogP contribution in [0.5, 0.6) is 5.75 Å². The zero-order valence-electron chi connectivity index (χ0n) is 14.3. The van der Waals surface area contributed by atoms with Crippen molar-refractivity contribution in [1.82, 2.24) is 4.57 Å². The van der Waals surface area contributed by atoms with Gasteiger partial charge in [-0.25, -0.2) is 0 Å². The molecular weight excluding hydrogens is 314 g/mol. The van der Waals surface area contributed by atoms with E-state index in [0.29, 0.717) is 12.4 Å². The van der Waals surface area contributed by atoms with Crippen LogP contribution < -0.4 is 4.74 Å². The Hall–Kier alpha value is -3.01. The number of esters is 1. The monoisotopic (exact) mass is 333 g/mol. The molecule has 2 aromatic carbocycles. The largest absolute Gasteiger partial charge is 0.465 e. The molecule has 0 saturated heterocycles. The van der Waals surface area contributed by atoms with Gasteiger partial charge in [-0.05, 0) is 37.6 Å². The van der Waals surface area contributed by atoms with E-state index >= 15 is 0 Å². The fourth-order valence-corrected chi connectivity index (χ4v) is 3.46. The van der Waals surface area contributed by atoms with Crippen molar-refractivity contribution in [3.8, 4) is 5.75 Å². The molecule has 4 heteroatoms. The molecule has 4 nitrogen and oxygen atoms in total. The predicted molar refractivity (Wildman–Crippen MR) is 99.5 cm³/mol. The van der Waals surface area contributed by atoms with Crippen LogP contribution in [0, 0.1) is 0 Å². The summed E-state index contributed by atoms with van der Waals surface area (Å²) in [4.78, 5) is 12.1. The number of nitrogens with zero attached hydrogens (tertiary/aromatic N) is 1. The predicted octanol–water partition coefficient (Wildman–Crippen LogP) is 4.67. The fraction of sp³-hybridized carbons (Fsp3) is 0.190. The first kappa shape index (κ1) is 15.5. The summed E-state index contributed by atoms with van der Waals surface area (Å²) in [5.74, 6) is 1.15. The zero-order valence-corrected chi connectivity index (χ0v) is 14.3. The van der Waals surface area contributed by atoms with E-state index in [1.165, 1.54) is 0 Å². The van der Waals surface area contributed by atoms with E-state index in [-0.39, 0.29) is 12.5 Å². The number of allylic oxidation sites excluding steroid dienone is 2. The third-order valence-corrected chi connectivity index (χ3v) is 4.51. The van der Waals surface area contributed by atoms with Gasteiger partial charge in [0.15, 0.2) is 0 Å². The van der Waals surface area contributed by atoms with Gasteiger partial charge in [0, 0.05) is 27.9 Å². The number of ether oxygens (including phenoxy) is 2. The summed E-state index contributed by atoms with van der Waals surface area (Å²) in [5, 5.41) is 2.21. The molecule has 1 aliphatic heterocycles. The first-order valence-corrected chi connectivity index (χ1v) is 8.34. The first-order valence-electron chi connectivity index (χ1n) is 8.34. The van der Waals surface area contributed by atoms with Gasteiger partial charge in [-0.15, -0.1) is 0 Å². The van der Waals surface area contributed by atoms with Crippen LogP contribution in [-0.4, -0.2) is 17.1 Å². The number of carbonyl (C=O) groups excluding carboxylic acids is 1. The molecule has 0 radical (unpaired) electrons. The number of benzene rings is 2. The van der Waals surface area contributed by atoms with Crippen molar-refractivity contribution in [2.24, 2.45) is 0 Å². The molecule has 25 heavy (non-hydrogen) atoms. The standard InChI is InChI=1S/C21H19NO3/c1-4-24-21(23)12-22-18-8-6-5-7-15(18)17-10-16-13(2)9-14(3)25-20(16)11-19(17)22/h5-11H,3-4,12H2,1-2H3. The molecule has 1 aromatic heterocycles. The molecule has 1 aliphatic rings. The van der Waals surface area contributed by atoms with E-state index in [4.69, 9.17) is 9.47 Å². The Morgan fingerprint density at radius 3 is 2.80 bits per heavy atom. The van der Waals surface area contributed by atoms with Gasteiger partial charge >= 0.3 is 5.97 Å². The minimum atomic E-state index is -0.246. The smallest absolute Gasteiger partial charge is 0.325 e. The van der Waals surface area contributed by atoms with Crippen molar-refractivity contribution in [1.29, 1.82) is 0 Å². The lowest BCUT2D eigenvalue weighted by molar-refractivity contribution is -0.143. The van der Waals surface area contributed by atoms with Crippen LogP contribution in [-0.2, 0) is 16.1 Å². The van der Waals surface area contributed by atoms with Gasteiger partial charge in [0.2, 0.25) is 0 Å². The lowest BCUT2D eigenvalue weighted by atomic mass is 10.0. The number of hydrogen-bond acceptors (Lipinski definition) is 3. The van der Waals surface area contributed by atoms with Gasteiger partial charge < -0.3 is 14.0 Å². The fourth-order valence-electron chi connectivity index (χ4n) is 3.46. The lowest BCUT2D eigenvalue weighted by Crippen LogP contribution is -2.13. The van der Waals surface area contributed by atoms with E-state index in [1.54, 1.807) is 0 Å². The highest BCUT2D eigenvalue weighted by Gasteiger charge is 2.19. The number of aromatic nitrogens is 1. The zero-order chi connectivity index (χ0) is 17.6. The molecule has 2 heterocycles. The lowest BCUT2D eigenvalue weighted by Gasteiger charge is -2.18. The molecule has 3 aromatic rings. The highest BCUT2D eigenvalue weighted by atomic mass is 16.5. The molecule has 0 amide bonds. The van der Waals surface area contributed by atoms with Crippen LogP contribution in [0.2, 0.25) is 0 Å². The van der Waals surface area contributed by atoms with Crippen LogP contribution in [0.25, 0.3) is 27.4 Å². The summed E-state index contributed by atoms with van der Waals surface area (Å²) in [6.07, 6.45) is 1.94. The van der Waals surface area contributed by atoms with Crippen LogP contribution in [0.3, 0.4) is 0 Å². The average Bonchev–Trinajstić information content (AvgIpc) is 2.87. The summed E-state index contributed by atoms with van der Waals surface area (Å²) in [5.41, 5.74) is 4.14. The Kier molecular flexibility index (Phi) is 3.61. The van der Waals surface area contributed by atoms with Crippen molar-refractivity contribution in [2.75, 3.05) is 6.61 Å². The number of para-hydroxylation sites is 1. The maximum absolute atomic E-state index is 12.1. The second-order valence-electron chi connectivity index (χ2n) is 6.17. The Bertz CT molecular complexity index is 1060. The summed E-state index contributed by atoms with van der Waals surface area (Å²) >= 11 is 0. The molecule has 126 valence electrons. The van der Waals surface area contributed by atoms with E-state index < -0.39 is 0 Å². The Labute approximate surface area is 146 Å². The van der Waals surface area contributed by atoms with Gasteiger partial charge in [0.1, 0.15) is 18.1 Å². The second kappa shape index (κ2) is 5.81. The number of rotatable bonds is 3. The minimum Gasteiger partial charge on any atom is -0.465 e. The minimum absolute atomic E-state index is 0.173. The van der Waals surface area contributed by atoms with E-state index in [2.05, 4.69) is 25.6 Å². The highest BCUT2D eigenvalue weighted by molar-refractivity contribution is 6.10. The molecule has 0 N–H and O–H groups in total. The molecule has 0 fully saturated rings. The second-order valence-corrected chi connectivity index (χ2v) is 6.17. The summed E-state index contributed by atoms with van der Waals surface area (Å²) in [6, 6.07) is 12.2. The van der Waals surface area contributed by atoms with E-state index in [9.17, 15) is 4.79 Å².